The summed E-state index contributed by atoms with van der Waals surface area (Å²) in [6, 6.07) is 11.3. The normalized spacial score (nSPS) is 11.4. The summed E-state index contributed by atoms with van der Waals surface area (Å²) in [6.45, 7) is 8.65. The predicted molar refractivity (Wildman–Crippen MR) is 250 cm³/mol. The van der Waals surface area contributed by atoms with Gasteiger partial charge in [-0.3, -0.25) is 0 Å². The number of nitrogens with one attached hydrogen (secondary N) is 2. The van der Waals surface area contributed by atoms with Crippen LogP contribution in [0.1, 0.15) is 230 Å². The van der Waals surface area contributed by atoms with E-state index in [-0.39, 0.29) is 11.5 Å². The number of phenolic OH excluding ortho intramolecular Hbond substituents is 2. The minimum Gasteiger partial charge on any atom is -0.507 e. The molecule has 0 amide bonds. The average Bonchev–Trinajstić information content (AvgIpc) is 3.22. The van der Waals surface area contributed by atoms with Gasteiger partial charge < -0.3 is 30.3 Å². The summed E-state index contributed by atoms with van der Waals surface area (Å²) in [5.74, 6) is 2.01. The fourth-order valence-corrected chi connectivity index (χ4v) is 7.87. The molecule has 0 fully saturated rings. The molecule has 2 aromatic carbocycles. The first kappa shape index (κ1) is 51.7. The summed E-state index contributed by atoms with van der Waals surface area (Å²) in [5, 5.41) is 27.9. The Morgan fingerprint density at radius 1 is 0.362 bits per heavy atom. The molecule has 0 radical (unpaired) electrons. The maximum absolute atomic E-state index is 10.5. The molecule has 0 aliphatic heterocycles. The van der Waals surface area contributed by atoms with E-state index in [1.54, 1.807) is 12.1 Å². The van der Waals surface area contributed by atoms with Crippen LogP contribution in [-0.4, -0.2) is 36.5 Å². The highest BCUT2D eigenvalue weighted by Crippen LogP contribution is 2.25. The Bertz CT molecular complexity index is 1100. The molecule has 0 aliphatic rings. The molecule has 6 heteroatoms. The monoisotopic (exact) mass is 809 g/mol. The van der Waals surface area contributed by atoms with Crippen LogP contribution >= 0.6 is 0 Å². The number of unbranched alkanes of at least 4 members (excludes halogenated alkanes) is 30. The minimum atomic E-state index is 0.270. The maximum atomic E-state index is 10.5. The second-order valence-electron chi connectivity index (χ2n) is 17.2. The molecule has 0 atom stereocenters. The SMILES string of the molecule is CCCCCCCCCCCCCCCCCCOc1ccc(CNCCNCc2ccc(OCCCCCCCCCCCCCCCCCC)cc2O)c(O)c1. The first-order chi connectivity index (χ1) is 28.6. The first-order valence-electron chi connectivity index (χ1n) is 24.9. The van der Waals surface area contributed by atoms with E-state index < -0.39 is 0 Å². The van der Waals surface area contributed by atoms with Crippen LogP contribution in [-0.2, 0) is 13.1 Å². The maximum Gasteiger partial charge on any atom is 0.123 e. The van der Waals surface area contributed by atoms with Gasteiger partial charge in [-0.25, -0.2) is 0 Å². The highest BCUT2D eigenvalue weighted by Gasteiger charge is 2.06. The molecular weight excluding hydrogens is 717 g/mol. The Morgan fingerprint density at radius 2 is 0.621 bits per heavy atom. The summed E-state index contributed by atoms with van der Waals surface area (Å²) in [6.07, 6.45) is 43.6. The zero-order chi connectivity index (χ0) is 41.4. The molecule has 2 rings (SSSR count). The molecule has 2 aromatic rings. The molecule has 0 unspecified atom stereocenters. The number of phenols is 2. The summed E-state index contributed by atoms with van der Waals surface area (Å²) in [7, 11) is 0. The van der Waals surface area contributed by atoms with E-state index in [0.717, 1.165) is 48.6 Å². The summed E-state index contributed by atoms with van der Waals surface area (Å²) < 4.78 is 11.8. The fourth-order valence-electron chi connectivity index (χ4n) is 7.87. The van der Waals surface area contributed by atoms with Gasteiger partial charge in [-0.2, -0.15) is 0 Å². The summed E-state index contributed by atoms with van der Waals surface area (Å²) in [4.78, 5) is 0. The third-order valence-electron chi connectivity index (χ3n) is 11.8. The first-order valence-corrected chi connectivity index (χ1v) is 24.9. The van der Waals surface area contributed by atoms with E-state index in [0.29, 0.717) is 26.3 Å². The van der Waals surface area contributed by atoms with Gasteiger partial charge in [0.05, 0.1) is 13.2 Å². The molecule has 0 saturated heterocycles. The molecule has 6 nitrogen and oxygen atoms in total. The zero-order valence-electron chi connectivity index (χ0n) is 38.0. The van der Waals surface area contributed by atoms with Crippen molar-refractivity contribution in [3.8, 4) is 23.0 Å². The zero-order valence-corrected chi connectivity index (χ0v) is 38.0. The van der Waals surface area contributed by atoms with Crippen LogP contribution in [0.15, 0.2) is 36.4 Å². The van der Waals surface area contributed by atoms with Gasteiger partial charge in [-0.15, -0.1) is 0 Å². The molecule has 0 saturated carbocycles. The Balaban J connectivity index is 1.38. The van der Waals surface area contributed by atoms with Crippen LogP contribution < -0.4 is 20.1 Å². The Morgan fingerprint density at radius 3 is 0.879 bits per heavy atom. The molecular formula is C52H92N2O4. The van der Waals surface area contributed by atoms with Gasteiger partial charge in [0.1, 0.15) is 23.0 Å². The number of benzene rings is 2. The van der Waals surface area contributed by atoms with E-state index >= 15 is 0 Å². The van der Waals surface area contributed by atoms with Crippen LogP contribution in [0, 0.1) is 0 Å². The van der Waals surface area contributed by atoms with Crippen molar-refractivity contribution in [3.05, 3.63) is 47.5 Å². The smallest absolute Gasteiger partial charge is 0.123 e. The van der Waals surface area contributed by atoms with Gasteiger partial charge in [-0.1, -0.05) is 219 Å². The van der Waals surface area contributed by atoms with Gasteiger partial charge >= 0.3 is 0 Å². The van der Waals surface area contributed by atoms with Crippen LogP contribution in [0.2, 0.25) is 0 Å². The van der Waals surface area contributed by atoms with Crippen LogP contribution in [0.5, 0.6) is 23.0 Å². The van der Waals surface area contributed by atoms with Gasteiger partial charge in [0, 0.05) is 49.4 Å². The van der Waals surface area contributed by atoms with E-state index in [2.05, 4.69) is 24.5 Å². The average molecular weight is 809 g/mol. The van der Waals surface area contributed by atoms with Crippen LogP contribution in [0.3, 0.4) is 0 Å². The topological polar surface area (TPSA) is 83.0 Å². The van der Waals surface area contributed by atoms with Crippen molar-refractivity contribution >= 4 is 0 Å². The van der Waals surface area contributed by atoms with Crippen LogP contribution in [0.25, 0.3) is 0 Å². The molecule has 0 aliphatic carbocycles. The van der Waals surface area contributed by atoms with Crippen molar-refractivity contribution in [2.24, 2.45) is 0 Å². The molecule has 0 spiro atoms. The molecule has 0 heterocycles. The second-order valence-corrected chi connectivity index (χ2v) is 17.2. The van der Waals surface area contributed by atoms with Gasteiger partial charge in [0.15, 0.2) is 0 Å². The van der Waals surface area contributed by atoms with Gasteiger partial charge in [-0.05, 0) is 25.0 Å². The van der Waals surface area contributed by atoms with Crippen molar-refractivity contribution in [2.45, 2.75) is 232 Å². The van der Waals surface area contributed by atoms with Crippen LogP contribution in [0.4, 0.5) is 0 Å². The van der Waals surface area contributed by atoms with E-state index in [4.69, 9.17) is 9.47 Å². The highest BCUT2D eigenvalue weighted by molar-refractivity contribution is 5.40. The number of hydrogen-bond donors (Lipinski definition) is 4. The van der Waals surface area contributed by atoms with Crippen molar-refractivity contribution in [2.75, 3.05) is 26.3 Å². The van der Waals surface area contributed by atoms with Gasteiger partial charge in [0.2, 0.25) is 0 Å². The lowest BCUT2D eigenvalue weighted by Gasteiger charge is -2.12. The quantitative estimate of drug-likeness (QED) is 0.0500. The van der Waals surface area contributed by atoms with Crippen molar-refractivity contribution in [3.63, 3.8) is 0 Å². The minimum absolute atomic E-state index is 0.270. The highest BCUT2D eigenvalue weighted by atomic mass is 16.5. The van der Waals surface area contributed by atoms with E-state index in [1.807, 2.05) is 24.3 Å². The van der Waals surface area contributed by atoms with Crippen molar-refractivity contribution < 1.29 is 19.7 Å². The molecule has 0 bridgehead atoms. The number of hydrogen-bond acceptors (Lipinski definition) is 6. The Kier molecular flexibility index (Phi) is 34.5. The lowest BCUT2D eigenvalue weighted by atomic mass is 10.0. The predicted octanol–water partition coefficient (Wildman–Crippen LogP) is 15.3. The molecule has 0 aromatic heterocycles. The van der Waals surface area contributed by atoms with Gasteiger partial charge in [0.25, 0.3) is 0 Å². The number of ether oxygens (including phenoxy) is 2. The lowest BCUT2D eigenvalue weighted by Crippen LogP contribution is -2.26. The molecule has 4 N–H and O–H groups in total. The Labute approximate surface area is 358 Å². The van der Waals surface area contributed by atoms with Crippen molar-refractivity contribution in [1.29, 1.82) is 0 Å². The standard InChI is InChI=1S/C52H92N2O4/c1-3-5-7-9-11-13-15-17-19-21-23-25-27-29-31-33-41-57-49-37-35-47(51(55)43-49)45-53-39-40-54-46-48-36-38-50(44-52(48)56)58-42-34-32-30-28-26-24-22-20-18-16-14-12-10-8-6-4-2/h35-38,43-44,53-56H,3-34,39-42,45-46H2,1-2H3. The lowest BCUT2D eigenvalue weighted by molar-refractivity contribution is 0.302. The summed E-state index contributed by atoms with van der Waals surface area (Å²) in [5.41, 5.74) is 1.73. The fraction of sp³-hybridized carbons (Fsp3) is 0.769. The second kappa shape index (κ2) is 38.7. The third-order valence-corrected chi connectivity index (χ3v) is 11.8. The Hall–Kier alpha value is -2.44. The third kappa shape index (κ3) is 29.7. The molecule has 58 heavy (non-hydrogen) atoms. The largest absolute Gasteiger partial charge is 0.507 e. The van der Waals surface area contributed by atoms with E-state index in [1.165, 1.54) is 193 Å². The van der Waals surface area contributed by atoms with Crippen molar-refractivity contribution in [1.82, 2.24) is 10.6 Å². The number of aromatic hydroxyl groups is 2. The number of rotatable bonds is 43. The van der Waals surface area contributed by atoms with E-state index in [9.17, 15) is 10.2 Å². The summed E-state index contributed by atoms with van der Waals surface area (Å²) >= 11 is 0. The molecule has 334 valence electrons.